The molecule has 0 aliphatic rings. The normalized spacial score (nSPS) is 11.5. The first-order valence-corrected chi connectivity index (χ1v) is 15.5. The Balaban J connectivity index is 1.24. The van der Waals surface area contributed by atoms with Crippen LogP contribution < -0.4 is 4.90 Å². The Morgan fingerprint density at radius 3 is 2.00 bits per heavy atom. The second-order valence-electron chi connectivity index (χ2n) is 11.7. The van der Waals surface area contributed by atoms with Crippen molar-refractivity contribution in [3.8, 4) is 22.3 Å². The number of benzene rings is 7. The third kappa shape index (κ3) is 4.49. The van der Waals surface area contributed by atoms with Crippen LogP contribution in [0.2, 0.25) is 0 Å². The number of hydrogen-bond acceptors (Lipinski definition) is 3. The van der Waals surface area contributed by atoms with Gasteiger partial charge in [0.1, 0.15) is 11.2 Å². The van der Waals surface area contributed by atoms with Crippen molar-refractivity contribution in [2.24, 2.45) is 0 Å². The number of furan rings is 1. The molecule has 0 amide bonds. The van der Waals surface area contributed by atoms with Gasteiger partial charge in [0.05, 0.1) is 11.9 Å². The highest BCUT2D eigenvalue weighted by molar-refractivity contribution is 6.12. The molecule has 0 spiro atoms. The molecule has 0 unspecified atom stereocenters. The summed E-state index contributed by atoms with van der Waals surface area (Å²) in [6, 6.07) is 55.8. The Morgan fingerprint density at radius 1 is 0.391 bits per heavy atom. The zero-order chi connectivity index (χ0) is 30.5. The monoisotopic (exact) mass is 588 g/mol. The summed E-state index contributed by atoms with van der Waals surface area (Å²) in [4.78, 5) is 7.07. The van der Waals surface area contributed by atoms with Crippen molar-refractivity contribution >= 4 is 60.5 Å². The topological polar surface area (TPSA) is 29.3 Å². The van der Waals surface area contributed by atoms with Crippen molar-refractivity contribution in [2.75, 3.05) is 4.90 Å². The van der Waals surface area contributed by atoms with Gasteiger partial charge in [-0.05, 0) is 81.6 Å². The molecule has 0 fully saturated rings. The van der Waals surface area contributed by atoms with Crippen LogP contribution in [0.5, 0.6) is 0 Å². The fourth-order valence-corrected chi connectivity index (χ4v) is 6.61. The summed E-state index contributed by atoms with van der Waals surface area (Å²) in [7, 11) is 0. The molecule has 0 N–H and O–H groups in total. The smallest absolute Gasteiger partial charge is 0.136 e. The lowest BCUT2D eigenvalue weighted by Gasteiger charge is -2.27. The van der Waals surface area contributed by atoms with Crippen LogP contribution in [-0.2, 0) is 0 Å². The molecule has 7 aromatic carbocycles. The van der Waals surface area contributed by atoms with E-state index in [1.807, 2.05) is 24.5 Å². The fourth-order valence-electron chi connectivity index (χ4n) is 6.61. The molecule has 0 radical (unpaired) electrons. The number of pyridine rings is 1. The minimum atomic E-state index is 0.866. The number of anilines is 3. The third-order valence-corrected chi connectivity index (χ3v) is 8.90. The first-order chi connectivity index (χ1) is 22.8. The predicted octanol–water partition coefficient (Wildman–Crippen LogP) is 12.1. The van der Waals surface area contributed by atoms with Crippen LogP contribution >= 0.6 is 0 Å². The van der Waals surface area contributed by atoms with E-state index in [2.05, 4.69) is 150 Å². The Hall–Kier alpha value is -6.19. The van der Waals surface area contributed by atoms with E-state index in [9.17, 15) is 0 Å². The maximum atomic E-state index is 6.34. The van der Waals surface area contributed by atoms with Gasteiger partial charge in [-0.1, -0.05) is 109 Å². The summed E-state index contributed by atoms with van der Waals surface area (Å²) in [5.74, 6) is 0. The van der Waals surface area contributed by atoms with Gasteiger partial charge in [-0.15, -0.1) is 0 Å². The molecule has 0 aliphatic carbocycles. The van der Waals surface area contributed by atoms with Crippen LogP contribution in [0.1, 0.15) is 0 Å². The second kappa shape index (κ2) is 10.8. The van der Waals surface area contributed by atoms with E-state index in [4.69, 9.17) is 9.40 Å². The van der Waals surface area contributed by atoms with Crippen LogP contribution in [0.3, 0.4) is 0 Å². The van der Waals surface area contributed by atoms with E-state index in [0.29, 0.717) is 0 Å². The molecule has 0 atom stereocenters. The number of hydrogen-bond donors (Lipinski definition) is 0. The van der Waals surface area contributed by atoms with Crippen LogP contribution in [0, 0.1) is 0 Å². The Bertz CT molecular complexity index is 2530. The van der Waals surface area contributed by atoms with Gasteiger partial charge in [0.15, 0.2) is 0 Å². The molecule has 3 nitrogen and oxygen atoms in total. The van der Waals surface area contributed by atoms with Gasteiger partial charge in [-0.3, -0.25) is 4.98 Å². The average Bonchev–Trinajstić information content (AvgIpc) is 3.49. The molecular formula is C43H28N2O. The Labute approximate surface area is 266 Å². The summed E-state index contributed by atoms with van der Waals surface area (Å²) in [5, 5.41) is 6.81. The highest BCUT2D eigenvalue weighted by atomic mass is 16.3. The Kier molecular flexibility index (Phi) is 6.14. The van der Waals surface area contributed by atoms with Gasteiger partial charge in [-0.2, -0.15) is 0 Å². The molecule has 2 heterocycles. The third-order valence-electron chi connectivity index (χ3n) is 8.90. The minimum absolute atomic E-state index is 0.866. The summed E-state index contributed by atoms with van der Waals surface area (Å²) < 4.78 is 6.34. The lowest BCUT2D eigenvalue weighted by Crippen LogP contribution is -2.11. The number of rotatable bonds is 5. The minimum Gasteiger partial charge on any atom is -0.456 e. The quantitative estimate of drug-likeness (QED) is 0.200. The van der Waals surface area contributed by atoms with Crippen molar-refractivity contribution in [3.63, 3.8) is 0 Å². The SMILES string of the molecule is c1ccc(-c2ccc(N(c3cccc(-c4ccc5ccccc5c4)c3)c3cncc4cc5c(cc34)oc3ccccc35)cc2)cc1. The van der Waals surface area contributed by atoms with Crippen molar-refractivity contribution < 1.29 is 4.42 Å². The number of para-hydroxylation sites is 1. The highest BCUT2D eigenvalue weighted by Gasteiger charge is 2.19. The molecule has 216 valence electrons. The maximum absolute atomic E-state index is 6.34. The zero-order valence-corrected chi connectivity index (χ0v) is 25.0. The average molecular weight is 589 g/mol. The second-order valence-corrected chi connectivity index (χ2v) is 11.7. The van der Waals surface area contributed by atoms with E-state index < -0.39 is 0 Å². The van der Waals surface area contributed by atoms with Crippen LogP contribution in [0.4, 0.5) is 17.1 Å². The van der Waals surface area contributed by atoms with Crippen molar-refractivity contribution in [1.82, 2.24) is 4.98 Å². The van der Waals surface area contributed by atoms with Crippen LogP contribution in [-0.4, -0.2) is 4.98 Å². The van der Waals surface area contributed by atoms with Gasteiger partial charge in [0.2, 0.25) is 0 Å². The molecular weight excluding hydrogens is 560 g/mol. The molecule has 0 bridgehead atoms. The fraction of sp³-hybridized carbons (Fsp3) is 0. The first kappa shape index (κ1) is 26.2. The molecule has 0 saturated heterocycles. The maximum Gasteiger partial charge on any atom is 0.136 e. The summed E-state index contributed by atoms with van der Waals surface area (Å²) in [6.45, 7) is 0. The van der Waals surface area contributed by atoms with Gasteiger partial charge < -0.3 is 9.32 Å². The molecule has 0 aliphatic heterocycles. The number of fused-ring (bicyclic) bond motifs is 5. The van der Waals surface area contributed by atoms with Crippen molar-refractivity contribution in [2.45, 2.75) is 0 Å². The molecule has 46 heavy (non-hydrogen) atoms. The molecule has 9 aromatic rings. The molecule has 3 heteroatoms. The van der Waals surface area contributed by atoms with E-state index in [1.54, 1.807) is 0 Å². The van der Waals surface area contributed by atoms with Crippen LogP contribution in [0.15, 0.2) is 175 Å². The highest BCUT2D eigenvalue weighted by Crippen LogP contribution is 2.42. The molecule has 2 aromatic heterocycles. The van der Waals surface area contributed by atoms with Gasteiger partial charge in [0.25, 0.3) is 0 Å². The lowest BCUT2D eigenvalue weighted by atomic mass is 10.00. The summed E-state index contributed by atoms with van der Waals surface area (Å²) in [5.41, 5.74) is 9.55. The van der Waals surface area contributed by atoms with Crippen molar-refractivity contribution in [1.29, 1.82) is 0 Å². The van der Waals surface area contributed by atoms with Gasteiger partial charge in [0, 0.05) is 39.1 Å². The summed E-state index contributed by atoms with van der Waals surface area (Å²) in [6.07, 6.45) is 3.91. The number of aromatic nitrogens is 1. The van der Waals surface area contributed by atoms with E-state index in [0.717, 1.165) is 55.3 Å². The van der Waals surface area contributed by atoms with Gasteiger partial charge in [-0.25, -0.2) is 0 Å². The van der Waals surface area contributed by atoms with E-state index >= 15 is 0 Å². The predicted molar refractivity (Wildman–Crippen MR) is 192 cm³/mol. The standard InChI is InChI=1S/C43H28N2O/c1-2-9-29(10-3-1)31-19-21-36(22-20-31)45(37-14-8-13-33(24-37)34-18-17-30-11-4-5-12-32(30)23-34)41-28-44-27-35-25-40-38-15-6-7-16-42(38)46-43(40)26-39(35)41/h1-28H. The summed E-state index contributed by atoms with van der Waals surface area (Å²) >= 11 is 0. The van der Waals surface area contributed by atoms with Crippen molar-refractivity contribution in [3.05, 3.63) is 170 Å². The van der Waals surface area contributed by atoms with Crippen LogP contribution in [0.25, 0.3) is 65.7 Å². The lowest BCUT2D eigenvalue weighted by molar-refractivity contribution is 0.669. The number of nitrogens with zero attached hydrogens (tertiary/aromatic N) is 2. The zero-order valence-electron chi connectivity index (χ0n) is 25.0. The largest absolute Gasteiger partial charge is 0.456 e. The molecule has 0 saturated carbocycles. The first-order valence-electron chi connectivity index (χ1n) is 15.5. The van der Waals surface area contributed by atoms with Gasteiger partial charge >= 0.3 is 0 Å². The Morgan fingerprint density at radius 2 is 1.11 bits per heavy atom. The van der Waals surface area contributed by atoms with E-state index in [1.165, 1.54) is 27.5 Å². The molecule has 9 rings (SSSR count). The van der Waals surface area contributed by atoms with E-state index in [-0.39, 0.29) is 0 Å².